The van der Waals surface area contributed by atoms with Crippen LogP contribution < -0.4 is 5.32 Å². The first kappa shape index (κ1) is 13.4. The highest BCUT2D eigenvalue weighted by molar-refractivity contribution is 4.86. The lowest BCUT2D eigenvalue weighted by Gasteiger charge is -2.26. The lowest BCUT2D eigenvalue weighted by atomic mass is 9.98. The minimum atomic E-state index is 0.129. The zero-order chi connectivity index (χ0) is 11.8. The van der Waals surface area contributed by atoms with Gasteiger partial charge in [-0.25, -0.2) is 0 Å². The largest absolute Gasteiger partial charge is 0.379 e. The third kappa shape index (κ3) is 4.93. The van der Waals surface area contributed by atoms with Crippen LogP contribution in [0.25, 0.3) is 0 Å². The molecule has 0 radical (unpaired) electrons. The molecule has 0 saturated carbocycles. The molecule has 0 amide bonds. The Labute approximate surface area is 98.6 Å². The Hall–Kier alpha value is -0.630. The number of nitrogens with zero attached hydrogens (tertiary/aromatic N) is 2. The maximum Gasteiger partial charge on any atom is 0.0671 e. The van der Waals surface area contributed by atoms with Crippen LogP contribution in [-0.4, -0.2) is 50.8 Å². The number of hydrogen-bond acceptors (Lipinski definition) is 4. The van der Waals surface area contributed by atoms with Crippen LogP contribution in [-0.2, 0) is 4.74 Å². The maximum absolute atomic E-state index is 8.93. The summed E-state index contributed by atoms with van der Waals surface area (Å²) in [6, 6.07) is 2.34. The summed E-state index contributed by atoms with van der Waals surface area (Å²) in [4.78, 5) is 2.40. The zero-order valence-electron chi connectivity index (χ0n) is 10.4. The smallest absolute Gasteiger partial charge is 0.0671 e. The monoisotopic (exact) mass is 225 g/mol. The van der Waals surface area contributed by atoms with Crippen LogP contribution >= 0.6 is 0 Å². The quantitative estimate of drug-likeness (QED) is 0.676. The second-order valence-electron chi connectivity index (χ2n) is 4.64. The van der Waals surface area contributed by atoms with E-state index in [0.29, 0.717) is 5.92 Å². The van der Waals surface area contributed by atoms with E-state index in [4.69, 9.17) is 10.00 Å². The molecule has 4 heteroatoms. The van der Waals surface area contributed by atoms with Gasteiger partial charge in [-0.2, -0.15) is 5.26 Å². The lowest BCUT2D eigenvalue weighted by Crippen LogP contribution is -2.41. The molecule has 0 aromatic carbocycles. The Bertz CT molecular complexity index is 219. The van der Waals surface area contributed by atoms with E-state index in [1.807, 2.05) is 0 Å². The predicted molar refractivity (Wildman–Crippen MR) is 64.1 cm³/mol. The van der Waals surface area contributed by atoms with Crippen molar-refractivity contribution < 1.29 is 4.74 Å². The Morgan fingerprint density at radius 3 is 2.62 bits per heavy atom. The fourth-order valence-electron chi connectivity index (χ4n) is 1.75. The summed E-state index contributed by atoms with van der Waals surface area (Å²) in [7, 11) is 0. The normalized spacial score (nSPS) is 19.6. The summed E-state index contributed by atoms with van der Waals surface area (Å²) < 4.78 is 5.29. The first-order valence-corrected chi connectivity index (χ1v) is 6.14. The maximum atomic E-state index is 8.93. The van der Waals surface area contributed by atoms with Crippen molar-refractivity contribution in [2.75, 3.05) is 45.9 Å². The molecular weight excluding hydrogens is 202 g/mol. The van der Waals surface area contributed by atoms with Gasteiger partial charge in [-0.05, 0) is 5.92 Å². The molecular formula is C12H23N3O. The molecule has 16 heavy (non-hydrogen) atoms. The van der Waals surface area contributed by atoms with Gasteiger partial charge in [0, 0.05) is 32.7 Å². The van der Waals surface area contributed by atoms with Gasteiger partial charge in [-0.15, -0.1) is 0 Å². The standard InChI is InChI=1S/C12H23N3O/c1-11(2)12(9-13)10-14-3-4-15-5-7-16-8-6-15/h11-12,14H,3-8,10H2,1-2H3. The van der Waals surface area contributed by atoms with Gasteiger partial charge >= 0.3 is 0 Å². The summed E-state index contributed by atoms with van der Waals surface area (Å²) in [5.41, 5.74) is 0. The first-order chi connectivity index (χ1) is 7.74. The van der Waals surface area contributed by atoms with Crippen molar-refractivity contribution in [3.63, 3.8) is 0 Å². The second kappa shape index (κ2) is 7.61. The van der Waals surface area contributed by atoms with E-state index in [2.05, 4.69) is 30.1 Å². The van der Waals surface area contributed by atoms with Crippen LogP contribution in [0.1, 0.15) is 13.8 Å². The first-order valence-electron chi connectivity index (χ1n) is 6.14. The van der Waals surface area contributed by atoms with Gasteiger partial charge < -0.3 is 10.1 Å². The van der Waals surface area contributed by atoms with E-state index in [0.717, 1.165) is 45.9 Å². The fraction of sp³-hybridized carbons (Fsp3) is 0.917. The molecule has 92 valence electrons. The molecule has 1 fully saturated rings. The van der Waals surface area contributed by atoms with Gasteiger partial charge in [-0.3, -0.25) is 4.90 Å². The molecule has 1 N–H and O–H groups in total. The van der Waals surface area contributed by atoms with Gasteiger partial charge in [-0.1, -0.05) is 13.8 Å². The molecule has 4 nitrogen and oxygen atoms in total. The molecule has 0 aromatic heterocycles. The minimum absolute atomic E-state index is 0.129. The van der Waals surface area contributed by atoms with Crippen molar-refractivity contribution in [1.82, 2.24) is 10.2 Å². The van der Waals surface area contributed by atoms with Crippen LogP contribution in [0.2, 0.25) is 0 Å². The number of hydrogen-bond donors (Lipinski definition) is 1. The minimum Gasteiger partial charge on any atom is -0.379 e. The summed E-state index contributed by atoms with van der Waals surface area (Å²) in [6.07, 6.45) is 0. The predicted octanol–water partition coefficient (Wildman–Crippen LogP) is 0.704. The summed E-state index contributed by atoms with van der Waals surface area (Å²) in [5, 5.41) is 12.3. The van der Waals surface area contributed by atoms with Crippen LogP contribution in [0.15, 0.2) is 0 Å². The number of rotatable bonds is 6. The highest BCUT2D eigenvalue weighted by Crippen LogP contribution is 2.07. The molecule has 1 heterocycles. The number of ether oxygens (including phenoxy) is 1. The van der Waals surface area contributed by atoms with Gasteiger partial charge in [0.15, 0.2) is 0 Å². The van der Waals surface area contributed by atoms with Crippen LogP contribution in [0.4, 0.5) is 0 Å². The van der Waals surface area contributed by atoms with E-state index in [9.17, 15) is 0 Å². The average molecular weight is 225 g/mol. The topological polar surface area (TPSA) is 48.3 Å². The number of nitriles is 1. The van der Waals surface area contributed by atoms with Gasteiger partial charge in [0.25, 0.3) is 0 Å². The van der Waals surface area contributed by atoms with Crippen molar-refractivity contribution in [1.29, 1.82) is 5.26 Å². The second-order valence-corrected chi connectivity index (χ2v) is 4.64. The Kier molecular flexibility index (Phi) is 6.39. The van der Waals surface area contributed by atoms with Crippen LogP contribution in [0.5, 0.6) is 0 Å². The third-order valence-corrected chi connectivity index (χ3v) is 3.04. The molecule has 1 atom stereocenters. The highest BCUT2D eigenvalue weighted by atomic mass is 16.5. The van der Waals surface area contributed by atoms with Crippen molar-refractivity contribution >= 4 is 0 Å². The van der Waals surface area contributed by atoms with Crippen molar-refractivity contribution in [2.24, 2.45) is 11.8 Å². The number of nitrogens with one attached hydrogen (secondary N) is 1. The van der Waals surface area contributed by atoms with E-state index < -0.39 is 0 Å². The SMILES string of the molecule is CC(C)C(C#N)CNCCN1CCOCC1. The molecule has 1 saturated heterocycles. The summed E-state index contributed by atoms with van der Waals surface area (Å²) >= 11 is 0. The van der Waals surface area contributed by atoms with Crippen molar-refractivity contribution in [3.05, 3.63) is 0 Å². The zero-order valence-corrected chi connectivity index (χ0v) is 10.4. The van der Waals surface area contributed by atoms with E-state index in [-0.39, 0.29) is 5.92 Å². The molecule has 1 rings (SSSR count). The van der Waals surface area contributed by atoms with E-state index in [1.54, 1.807) is 0 Å². The highest BCUT2D eigenvalue weighted by Gasteiger charge is 2.12. The van der Waals surface area contributed by atoms with Gasteiger partial charge in [0.05, 0.1) is 25.2 Å². The molecule has 1 aliphatic heterocycles. The summed E-state index contributed by atoms with van der Waals surface area (Å²) in [6.45, 7) is 10.8. The molecule has 0 spiro atoms. The summed E-state index contributed by atoms with van der Waals surface area (Å²) in [5.74, 6) is 0.561. The Morgan fingerprint density at radius 2 is 2.06 bits per heavy atom. The molecule has 1 aliphatic rings. The molecule has 0 bridgehead atoms. The van der Waals surface area contributed by atoms with Crippen LogP contribution in [0, 0.1) is 23.2 Å². The Morgan fingerprint density at radius 1 is 1.38 bits per heavy atom. The molecule has 0 aromatic rings. The lowest BCUT2D eigenvalue weighted by molar-refractivity contribution is 0.0383. The number of morpholine rings is 1. The van der Waals surface area contributed by atoms with Crippen LogP contribution in [0.3, 0.4) is 0 Å². The van der Waals surface area contributed by atoms with E-state index in [1.165, 1.54) is 0 Å². The molecule has 0 aliphatic carbocycles. The fourth-order valence-corrected chi connectivity index (χ4v) is 1.75. The average Bonchev–Trinajstić information content (AvgIpc) is 2.30. The van der Waals surface area contributed by atoms with Crippen molar-refractivity contribution in [2.45, 2.75) is 13.8 Å². The Balaban J connectivity index is 2.04. The molecule has 1 unspecified atom stereocenters. The van der Waals surface area contributed by atoms with Gasteiger partial charge in [0.2, 0.25) is 0 Å². The van der Waals surface area contributed by atoms with Crippen molar-refractivity contribution in [3.8, 4) is 6.07 Å². The van der Waals surface area contributed by atoms with E-state index >= 15 is 0 Å². The van der Waals surface area contributed by atoms with Gasteiger partial charge in [0.1, 0.15) is 0 Å². The third-order valence-electron chi connectivity index (χ3n) is 3.04.